The summed E-state index contributed by atoms with van der Waals surface area (Å²) in [7, 11) is 1.59. The third kappa shape index (κ3) is 0.925. The number of carbonyl (C=O) groups is 2. The van der Waals surface area contributed by atoms with Gasteiger partial charge in [0.1, 0.15) is 5.41 Å². The highest BCUT2D eigenvalue weighted by atomic mass is 16.2. The average Bonchev–Trinajstić information content (AvgIpc) is 2.69. The lowest BCUT2D eigenvalue weighted by Gasteiger charge is -2.21. The third-order valence-electron chi connectivity index (χ3n) is 3.58. The molecule has 0 aromatic heterocycles. The lowest BCUT2D eigenvalue weighted by molar-refractivity contribution is -0.136. The summed E-state index contributed by atoms with van der Waals surface area (Å²) in [6, 6.07) is 0. The maximum atomic E-state index is 11.9. The van der Waals surface area contributed by atoms with Crippen LogP contribution < -0.4 is 5.32 Å². The van der Waals surface area contributed by atoms with Crippen molar-refractivity contribution in [3.63, 3.8) is 0 Å². The van der Waals surface area contributed by atoms with Gasteiger partial charge >= 0.3 is 0 Å². The molecule has 3 atom stereocenters. The first-order valence-corrected chi connectivity index (χ1v) is 5.11. The van der Waals surface area contributed by atoms with Crippen LogP contribution in [0, 0.1) is 17.3 Å². The predicted octanol–water partition coefficient (Wildman–Crippen LogP) is 0.904. The number of nitrogens with one attached hydrogen (secondary N) is 1. The highest BCUT2D eigenvalue weighted by molar-refractivity contribution is 6.13. The first-order valence-electron chi connectivity index (χ1n) is 5.11. The van der Waals surface area contributed by atoms with Gasteiger partial charge in [0, 0.05) is 13.0 Å². The molecule has 0 aliphatic heterocycles. The molecule has 2 rings (SSSR count). The molecular weight excluding hydrogens is 178 g/mol. The van der Waals surface area contributed by atoms with E-state index in [-0.39, 0.29) is 17.6 Å². The molecule has 1 N–H and O–H groups in total. The molecule has 0 radical (unpaired) electrons. The fraction of sp³-hybridized carbons (Fsp3) is 0.636. The summed E-state index contributed by atoms with van der Waals surface area (Å²) in [5, 5.41) is 2.59. The molecule has 1 amide bonds. The topological polar surface area (TPSA) is 46.2 Å². The van der Waals surface area contributed by atoms with Gasteiger partial charge in [0.05, 0.1) is 0 Å². The summed E-state index contributed by atoms with van der Waals surface area (Å²) in [5.74, 6) is 0.322. The predicted molar refractivity (Wildman–Crippen MR) is 52.5 cm³/mol. The third-order valence-corrected chi connectivity index (χ3v) is 3.58. The number of hydrogen-bond acceptors (Lipinski definition) is 2. The summed E-state index contributed by atoms with van der Waals surface area (Å²) < 4.78 is 0. The first-order chi connectivity index (χ1) is 6.65. The number of carbonyl (C=O) groups excluding carboxylic acids is 2. The number of Topliss-reactive ketones (excluding diaryl/α,β-unsaturated/α-hetero) is 1. The SMILES string of the molecule is CCC1CC2(C(=O)NC)C=CC1C2=O. The van der Waals surface area contributed by atoms with Crippen molar-refractivity contribution >= 4 is 11.7 Å². The lowest BCUT2D eigenvalue weighted by atomic mass is 9.82. The van der Waals surface area contributed by atoms with Gasteiger partial charge in [-0.25, -0.2) is 0 Å². The van der Waals surface area contributed by atoms with Crippen molar-refractivity contribution in [1.82, 2.24) is 5.32 Å². The largest absolute Gasteiger partial charge is 0.358 e. The number of ketones is 1. The Kier molecular flexibility index (Phi) is 1.98. The van der Waals surface area contributed by atoms with E-state index in [1.165, 1.54) is 0 Å². The Bertz CT molecular complexity index is 321. The zero-order valence-corrected chi connectivity index (χ0v) is 8.54. The van der Waals surface area contributed by atoms with Gasteiger partial charge in [-0.1, -0.05) is 25.5 Å². The minimum atomic E-state index is -0.819. The lowest BCUT2D eigenvalue weighted by Crippen LogP contribution is -2.40. The molecule has 0 aromatic rings. The monoisotopic (exact) mass is 193 g/mol. The van der Waals surface area contributed by atoms with Crippen LogP contribution in [0.4, 0.5) is 0 Å². The van der Waals surface area contributed by atoms with E-state index < -0.39 is 5.41 Å². The minimum absolute atomic E-state index is 0.00250. The molecule has 2 bridgehead atoms. The van der Waals surface area contributed by atoms with Crippen molar-refractivity contribution < 1.29 is 9.59 Å². The van der Waals surface area contributed by atoms with Crippen LogP contribution in [0.25, 0.3) is 0 Å². The van der Waals surface area contributed by atoms with Crippen molar-refractivity contribution in [1.29, 1.82) is 0 Å². The van der Waals surface area contributed by atoms with Gasteiger partial charge in [-0.15, -0.1) is 0 Å². The summed E-state index contributed by atoms with van der Waals surface area (Å²) >= 11 is 0. The fourth-order valence-electron chi connectivity index (χ4n) is 2.72. The van der Waals surface area contributed by atoms with E-state index in [1.807, 2.05) is 6.08 Å². The zero-order chi connectivity index (χ0) is 10.3. The molecule has 1 fully saturated rings. The van der Waals surface area contributed by atoms with Crippen LogP contribution in [0.15, 0.2) is 12.2 Å². The Morgan fingerprint density at radius 2 is 2.43 bits per heavy atom. The molecular formula is C11H15NO2. The van der Waals surface area contributed by atoms with Crippen LogP contribution >= 0.6 is 0 Å². The standard InChI is InChI=1S/C11H15NO2/c1-3-7-6-11(10(14)12-2)5-4-8(7)9(11)13/h4-5,7-8H,3,6H2,1-2H3,(H,12,14). The second kappa shape index (κ2) is 2.94. The van der Waals surface area contributed by atoms with Crippen LogP contribution in [0.5, 0.6) is 0 Å². The van der Waals surface area contributed by atoms with Gasteiger partial charge in [-0.05, 0) is 12.3 Å². The van der Waals surface area contributed by atoms with Gasteiger partial charge in [-0.2, -0.15) is 0 Å². The van der Waals surface area contributed by atoms with E-state index in [2.05, 4.69) is 12.2 Å². The summed E-state index contributed by atoms with van der Waals surface area (Å²) in [6.07, 6.45) is 5.38. The van der Waals surface area contributed by atoms with Crippen molar-refractivity contribution in [2.75, 3.05) is 7.05 Å². The molecule has 2 aliphatic rings. The second-order valence-electron chi connectivity index (χ2n) is 4.17. The Labute approximate surface area is 83.6 Å². The number of amides is 1. The molecule has 14 heavy (non-hydrogen) atoms. The molecule has 76 valence electrons. The summed E-state index contributed by atoms with van der Waals surface area (Å²) in [6.45, 7) is 2.07. The van der Waals surface area contributed by atoms with E-state index >= 15 is 0 Å². The minimum Gasteiger partial charge on any atom is -0.358 e. The van der Waals surface area contributed by atoms with Gasteiger partial charge in [0.25, 0.3) is 0 Å². The normalized spacial score (nSPS) is 39.1. The zero-order valence-electron chi connectivity index (χ0n) is 8.54. The van der Waals surface area contributed by atoms with Crippen molar-refractivity contribution in [2.24, 2.45) is 17.3 Å². The maximum Gasteiger partial charge on any atom is 0.237 e. The number of rotatable bonds is 2. The second-order valence-corrected chi connectivity index (χ2v) is 4.17. The fourth-order valence-corrected chi connectivity index (χ4v) is 2.72. The van der Waals surface area contributed by atoms with Gasteiger partial charge < -0.3 is 5.32 Å². The van der Waals surface area contributed by atoms with E-state index in [4.69, 9.17) is 0 Å². The van der Waals surface area contributed by atoms with Gasteiger partial charge in [-0.3, -0.25) is 9.59 Å². The highest BCUT2D eigenvalue weighted by Gasteiger charge is 2.57. The van der Waals surface area contributed by atoms with Crippen LogP contribution in [0.1, 0.15) is 19.8 Å². The van der Waals surface area contributed by atoms with E-state index in [1.54, 1.807) is 13.1 Å². The van der Waals surface area contributed by atoms with Gasteiger partial charge in [0.2, 0.25) is 5.91 Å². The Morgan fingerprint density at radius 1 is 1.71 bits per heavy atom. The molecule has 0 spiro atoms. The smallest absolute Gasteiger partial charge is 0.237 e. The molecule has 2 aliphatic carbocycles. The molecule has 1 saturated carbocycles. The maximum absolute atomic E-state index is 11.9. The van der Waals surface area contributed by atoms with E-state index in [0.29, 0.717) is 12.3 Å². The van der Waals surface area contributed by atoms with Crippen LogP contribution in [-0.4, -0.2) is 18.7 Å². The first kappa shape index (κ1) is 9.44. The molecule has 0 saturated heterocycles. The average molecular weight is 193 g/mol. The number of fused-ring (bicyclic) bond motifs is 2. The van der Waals surface area contributed by atoms with Gasteiger partial charge in [0.15, 0.2) is 5.78 Å². The molecule has 3 unspecified atom stereocenters. The number of allylic oxidation sites excluding steroid dienone is 1. The van der Waals surface area contributed by atoms with E-state index in [0.717, 1.165) is 6.42 Å². The quantitative estimate of drug-likeness (QED) is 0.523. The van der Waals surface area contributed by atoms with Crippen molar-refractivity contribution in [2.45, 2.75) is 19.8 Å². The summed E-state index contributed by atoms with van der Waals surface area (Å²) in [4.78, 5) is 23.6. The van der Waals surface area contributed by atoms with Crippen molar-refractivity contribution in [3.8, 4) is 0 Å². The van der Waals surface area contributed by atoms with Crippen LogP contribution in [-0.2, 0) is 9.59 Å². The van der Waals surface area contributed by atoms with Crippen molar-refractivity contribution in [3.05, 3.63) is 12.2 Å². The molecule has 3 nitrogen and oxygen atoms in total. The number of hydrogen-bond donors (Lipinski definition) is 1. The molecule has 0 heterocycles. The molecule has 3 heteroatoms. The Morgan fingerprint density at radius 3 is 2.93 bits per heavy atom. The Hall–Kier alpha value is -1.12. The van der Waals surface area contributed by atoms with E-state index in [9.17, 15) is 9.59 Å². The highest BCUT2D eigenvalue weighted by Crippen LogP contribution is 2.50. The Balaban J connectivity index is 2.35. The van der Waals surface area contributed by atoms with Crippen LogP contribution in [0.3, 0.4) is 0 Å². The molecule has 0 aromatic carbocycles. The van der Waals surface area contributed by atoms with Crippen LogP contribution in [0.2, 0.25) is 0 Å². The summed E-state index contributed by atoms with van der Waals surface area (Å²) in [5.41, 5.74) is -0.819.